The summed E-state index contributed by atoms with van der Waals surface area (Å²) < 4.78 is 0. The number of nitrogens with one attached hydrogen (secondary N) is 2. The molecule has 1 unspecified atom stereocenters. The fourth-order valence-corrected chi connectivity index (χ4v) is 7.12. The Morgan fingerprint density at radius 3 is 1.41 bits per heavy atom. The normalized spacial score (nSPS) is 14.0. The molecule has 0 saturated carbocycles. The first-order valence-electron chi connectivity index (χ1n) is 16.3. The summed E-state index contributed by atoms with van der Waals surface area (Å²) in [5.41, 5.74) is 20.2. The van der Waals surface area contributed by atoms with Crippen molar-refractivity contribution in [3.8, 4) is 44.5 Å². The molecule has 0 radical (unpaired) electrons. The van der Waals surface area contributed by atoms with Gasteiger partial charge in [-0.2, -0.15) is 0 Å². The Morgan fingerprint density at radius 1 is 0.457 bits per heavy atom. The average molecular weight is 595 g/mol. The molecule has 0 fully saturated rings. The minimum absolute atomic E-state index is 0.122. The number of aryl methyl sites for hydroxylation is 4. The van der Waals surface area contributed by atoms with Crippen molar-refractivity contribution in [1.29, 1.82) is 0 Å². The molecule has 7 aromatic rings. The molecule has 0 bridgehead atoms. The molecule has 2 nitrogen and oxygen atoms in total. The van der Waals surface area contributed by atoms with Gasteiger partial charge in [-0.05, 0) is 73.1 Å². The first kappa shape index (κ1) is 28.2. The maximum atomic E-state index is 4.07. The van der Waals surface area contributed by atoms with Crippen LogP contribution in [0.4, 0.5) is 5.69 Å². The highest BCUT2D eigenvalue weighted by atomic mass is 15.0. The third-order valence-electron chi connectivity index (χ3n) is 9.73. The molecular formula is C44H38N2. The Bertz CT molecular complexity index is 2120. The topological polar surface area (TPSA) is 27.8 Å². The first-order valence-corrected chi connectivity index (χ1v) is 16.3. The highest BCUT2D eigenvalue weighted by Crippen LogP contribution is 2.48. The van der Waals surface area contributed by atoms with Gasteiger partial charge in [0.1, 0.15) is 0 Å². The highest BCUT2D eigenvalue weighted by Gasteiger charge is 2.30. The summed E-state index contributed by atoms with van der Waals surface area (Å²) in [5.74, 6) is 0. The van der Waals surface area contributed by atoms with E-state index in [-0.39, 0.29) is 6.04 Å². The number of H-pyrrole nitrogens is 1. The molecule has 224 valence electrons. The van der Waals surface area contributed by atoms with Gasteiger partial charge in [0.25, 0.3) is 0 Å². The van der Waals surface area contributed by atoms with E-state index in [1.807, 2.05) is 0 Å². The first-order chi connectivity index (χ1) is 22.4. The molecule has 0 spiro atoms. The molecule has 2 heteroatoms. The number of hydrogen-bond acceptors (Lipinski definition) is 1. The van der Waals surface area contributed by atoms with Crippen LogP contribution in [0.15, 0.2) is 128 Å². The monoisotopic (exact) mass is 594 g/mol. The molecule has 2 heterocycles. The second-order valence-electron chi connectivity index (χ2n) is 13.0. The van der Waals surface area contributed by atoms with Crippen LogP contribution >= 0.6 is 0 Å². The van der Waals surface area contributed by atoms with E-state index in [0.717, 1.165) is 6.42 Å². The standard InChI is InChI=1S/C44H38N2/c1-27-5-13-31(14-6-27)35-21-23-37(33-17-9-29(3)10-18-33)43-39(35)25-41(46-43)40-26-45-44-38(34-19-11-30(4)12-20-34)24-22-36(42(40)44)32-15-7-28(2)8-16-32/h5-24,26,41,45-46H,25H2,1-4H3. The van der Waals surface area contributed by atoms with Crippen molar-refractivity contribution in [3.05, 3.63) is 161 Å². The molecule has 2 N–H and O–H groups in total. The van der Waals surface area contributed by atoms with Crippen molar-refractivity contribution in [2.75, 3.05) is 5.32 Å². The molecule has 0 aliphatic carbocycles. The maximum Gasteiger partial charge on any atom is 0.0576 e. The molecule has 46 heavy (non-hydrogen) atoms. The SMILES string of the molecule is Cc1ccc(-c2ccc(-c3ccc(C)cc3)c3c2CC(c2c[nH]c4c(-c5ccc(C)cc5)ccc(-c5ccc(C)cc5)c24)N3)cc1. The zero-order valence-electron chi connectivity index (χ0n) is 26.9. The van der Waals surface area contributed by atoms with E-state index in [1.165, 1.54) is 94.5 Å². The van der Waals surface area contributed by atoms with Gasteiger partial charge in [-0.25, -0.2) is 0 Å². The number of hydrogen-bond donors (Lipinski definition) is 2. The number of rotatable bonds is 5. The van der Waals surface area contributed by atoms with Gasteiger partial charge in [-0.1, -0.05) is 144 Å². The third-order valence-corrected chi connectivity index (χ3v) is 9.73. The second kappa shape index (κ2) is 11.2. The lowest BCUT2D eigenvalue weighted by atomic mass is 9.89. The van der Waals surface area contributed by atoms with Gasteiger partial charge in [0, 0.05) is 34.0 Å². The molecule has 1 aliphatic rings. The minimum atomic E-state index is 0.122. The minimum Gasteiger partial charge on any atom is -0.377 e. The van der Waals surface area contributed by atoms with Crippen LogP contribution in [0.1, 0.15) is 39.4 Å². The fraction of sp³-hybridized carbons (Fsp3) is 0.136. The Balaban J connectivity index is 1.31. The lowest BCUT2D eigenvalue weighted by Crippen LogP contribution is -2.05. The number of aromatic amines is 1. The van der Waals surface area contributed by atoms with Gasteiger partial charge in [0.15, 0.2) is 0 Å². The predicted octanol–water partition coefficient (Wildman–Crippen LogP) is 11.8. The summed E-state index contributed by atoms with van der Waals surface area (Å²) in [4.78, 5) is 3.76. The molecular weight excluding hydrogens is 556 g/mol. The van der Waals surface area contributed by atoms with E-state index in [2.05, 4.69) is 166 Å². The number of fused-ring (bicyclic) bond motifs is 2. The van der Waals surface area contributed by atoms with Gasteiger partial charge in [0.05, 0.1) is 11.6 Å². The van der Waals surface area contributed by atoms with Crippen molar-refractivity contribution in [1.82, 2.24) is 4.98 Å². The van der Waals surface area contributed by atoms with Crippen molar-refractivity contribution in [2.24, 2.45) is 0 Å². The Morgan fingerprint density at radius 2 is 0.870 bits per heavy atom. The van der Waals surface area contributed by atoms with Crippen molar-refractivity contribution in [3.63, 3.8) is 0 Å². The summed E-state index contributed by atoms with van der Waals surface area (Å²) in [6.07, 6.45) is 3.16. The van der Waals surface area contributed by atoms with E-state index >= 15 is 0 Å². The smallest absolute Gasteiger partial charge is 0.0576 e. The lowest BCUT2D eigenvalue weighted by Gasteiger charge is -2.16. The van der Waals surface area contributed by atoms with Crippen molar-refractivity contribution in [2.45, 2.75) is 40.2 Å². The summed E-state index contributed by atoms with van der Waals surface area (Å²) in [5, 5.41) is 5.36. The average Bonchev–Trinajstić information content (AvgIpc) is 3.72. The van der Waals surface area contributed by atoms with Gasteiger partial charge < -0.3 is 10.3 Å². The van der Waals surface area contributed by atoms with Gasteiger partial charge in [0.2, 0.25) is 0 Å². The summed E-state index contributed by atoms with van der Waals surface area (Å²) in [6.45, 7) is 8.60. The summed E-state index contributed by atoms with van der Waals surface area (Å²) in [6, 6.07) is 45.1. The van der Waals surface area contributed by atoms with Gasteiger partial charge in [-0.3, -0.25) is 0 Å². The van der Waals surface area contributed by atoms with E-state index in [1.54, 1.807) is 0 Å². The third kappa shape index (κ3) is 4.91. The van der Waals surface area contributed by atoms with E-state index in [4.69, 9.17) is 0 Å². The van der Waals surface area contributed by atoms with Crippen LogP contribution in [0, 0.1) is 27.7 Å². The summed E-state index contributed by atoms with van der Waals surface area (Å²) in [7, 11) is 0. The largest absolute Gasteiger partial charge is 0.377 e. The highest BCUT2D eigenvalue weighted by molar-refractivity contribution is 6.06. The van der Waals surface area contributed by atoms with Gasteiger partial charge >= 0.3 is 0 Å². The van der Waals surface area contributed by atoms with Crippen LogP contribution in [0.5, 0.6) is 0 Å². The molecule has 1 aromatic heterocycles. The second-order valence-corrected chi connectivity index (χ2v) is 13.0. The molecule has 8 rings (SSSR count). The quantitative estimate of drug-likeness (QED) is 0.204. The maximum absolute atomic E-state index is 4.07. The predicted molar refractivity (Wildman–Crippen MR) is 196 cm³/mol. The molecule has 0 amide bonds. The van der Waals surface area contributed by atoms with Crippen LogP contribution in [0.25, 0.3) is 55.4 Å². The summed E-state index contributed by atoms with van der Waals surface area (Å²) >= 11 is 0. The molecule has 1 aliphatic heterocycles. The molecule has 6 aromatic carbocycles. The van der Waals surface area contributed by atoms with E-state index in [9.17, 15) is 0 Å². The Hall–Kier alpha value is -5.34. The van der Waals surface area contributed by atoms with Crippen molar-refractivity contribution < 1.29 is 0 Å². The zero-order chi connectivity index (χ0) is 31.4. The fourth-order valence-electron chi connectivity index (χ4n) is 7.12. The Labute approximate surface area is 271 Å². The molecule has 0 saturated heterocycles. The Kier molecular flexibility index (Phi) is 6.87. The van der Waals surface area contributed by atoms with Crippen molar-refractivity contribution >= 4 is 16.6 Å². The van der Waals surface area contributed by atoms with E-state index < -0.39 is 0 Å². The van der Waals surface area contributed by atoms with Crippen LogP contribution in [0.2, 0.25) is 0 Å². The zero-order valence-corrected chi connectivity index (χ0v) is 26.9. The number of benzene rings is 6. The van der Waals surface area contributed by atoms with Crippen LogP contribution in [0.3, 0.4) is 0 Å². The van der Waals surface area contributed by atoms with Gasteiger partial charge in [-0.15, -0.1) is 0 Å². The van der Waals surface area contributed by atoms with Crippen LogP contribution < -0.4 is 5.32 Å². The van der Waals surface area contributed by atoms with E-state index in [0.29, 0.717) is 0 Å². The lowest BCUT2D eigenvalue weighted by molar-refractivity contribution is 0.832. The number of aromatic nitrogens is 1. The van der Waals surface area contributed by atoms with Crippen LogP contribution in [-0.2, 0) is 6.42 Å². The molecule has 1 atom stereocenters. The van der Waals surface area contributed by atoms with Crippen LogP contribution in [-0.4, -0.2) is 4.98 Å². The number of anilines is 1.